The fourth-order valence-corrected chi connectivity index (χ4v) is 2.67. The summed E-state index contributed by atoms with van der Waals surface area (Å²) in [5.74, 6) is 4.16. The van der Waals surface area contributed by atoms with Gasteiger partial charge in [-0.05, 0) is 58.2 Å². The highest BCUT2D eigenvalue weighted by Crippen LogP contribution is 2.32. The molecule has 2 rings (SSSR count). The molecule has 20 heavy (non-hydrogen) atoms. The average molecular weight is 362 g/mol. The first-order chi connectivity index (χ1) is 9.45. The number of hydrazine groups is 1. The Morgan fingerprint density at radius 1 is 1.25 bits per heavy atom. The number of hydrogen-bond acceptors (Lipinski definition) is 2. The minimum absolute atomic E-state index is 0.132. The molecule has 0 aromatic heterocycles. The lowest BCUT2D eigenvalue weighted by atomic mass is 9.95. The van der Waals surface area contributed by atoms with Crippen LogP contribution in [-0.4, -0.2) is 0 Å². The van der Waals surface area contributed by atoms with Crippen LogP contribution in [0.15, 0.2) is 34.8 Å². The first-order valence-electron chi connectivity index (χ1n) is 5.81. The largest absolute Gasteiger partial charge is 0.271 e. The molecule has 2 aromatic rings. The normalized spacial score (nSPS) is 12.5. The molecule has 106 valence electrons. The molecule has 2 nitrogen and oxygen atoms in total. The van der Waals surface area contributed by atoms with Crippen LogP contribution in [0.25, 0.3) is 0 Å². The van der Waals surface area contributed by atoms with E-state index in [0.29, 0.717) is 10.6 Å². The Balaban J connectivity index is 2.61. The Kier molecular flexibility index (Phi) is 4.75. The van der Waals surface area contributed by atoms with Crippen LogP contribution in [0.3, 0.4) is 0 Å². The van der Waals surface area contributed by atoms with Crippen molar-refractivity contribution in [1.82, 2.24) is 5.43 Å². The summed E-state index contributed by atoms with van der Waals surface area (Å²) >= 11 is 8.94. The van der Waals surface area contributed by atoms with E-state index in [2.05, 4.69) is 21.4 Å². The van der Waals surface area contributed by atoms with E-state index < -0.39 is 17.7 Å². The molecule has 0 saturated carbocycles. The lowest BCUT2D eigenvalue weighted by Gasteiger charge is -2.21. The van der Waals surface area contributed by atoms with Crippen molar-refractivity contribution in [3.63, 3.8) is 0 Å². The fraction of sp³-hybridized carbons (Fsp3) is 0.143. The monoisotopic (exact) mass is 360 g/mol. The van der Waals surface area contributed by atoms with Crippen molar-refractivity contribution in [2.24, 2.45) is 5.84 Å². The minimum atomic E-state index is -0.801. The van der Waals surface area contributed by atoms with Gasteiger partial charge < -0.3 is 0 Å². The Morgan fingerprint density at radius 3 is 2.55 bits per heavy atom. The smallest absolute Gasteiger partial charge is 0.145 e. The van der Waals surface area contributed by atoms with Crippen LogP contribution < -0.4 is 11.3 Å². The van der Waals surface area contributed by atoms with Crippen LogP contribution in [-0.2, 0) is 0 Å². The Morgan fingerprint density at radius 2 is 1.95 bits per heavy atom. The van der Waals surface area contributed by atoms with Gasteiger partial charge in [-0.3, -0.25) is 5.84 Å². The number of hydrogen-bond donors (Lipinski definition) is 2. The third-order valence-electron chi connectivity index (χ3n) is 3.08. The van der Waals surface area contributed by atoms with E-state index >= 15 is 0 Å². The molecular weight excluding hydrogens is 350 g/mol. The average Bonchev–Trinajstić information content (AvgIpc) is 2.40. The highest BCUT2D eigenvalue weighted by atomic mass is 79.9. The Labute approximate surface area is 129 Å². The molecule has 1 unspecified atom stereocenters. The summed E-state index contributed by atoms with van der Waals surface area (Å²) in [5, 5.41) is 0.553. The lowest BCUT2D eigenvalue weighted by molar-refractivity contribution is 0.506. The third-order valence-corrected chi connectivity index (χ3v) is 3.93. The van der Waals surface area contributed by atoms with E-state index in [1.165, 1.54) is 12.1 Å². The van der Waals surface area contributed by atoms with Gasteiger partial charge >= 0.3 is 0 Å². The summed E-state index contributed by atoms with van der Waals surface area (Å²) in [7, 11) is 0. The van der Waals surface area contributed by atoms with Gasteiger partial charge in [-0.25, -0.2) is 14.2 Å². The van der Waals surface area contributed by atoms with E-state index in [9.17, 15) is 8.78 Å². The van der Waals surface area contributed by atoms with Gasteiger partial charge in [0.25, 0.3) is 0 Å². The van der Waals surface area contributed by atoms with Gasteiger partial charge in [-0.15, -0.1) is 0 Å². The summed E-state index contributed by atoms with van der Waals surface area (Å²) < 4.78 is 28.4. The highest BCUT2D eigenvalue weighted by molar-refractivity contribution is 9.10. The number of benzene rings is 2. The van der Waals surface area contributed by atoms with Crippen LogP contribution in [0.4, 0.5) is 8.78 Å². The first-order valence-corrected chi connectivity index (χ1v) is 6.98. The zero-order chi connectivity index (χ0) is 14.9. The van der Waals surface area contributed by atoms with E-state index in [1.807, 2.05) is 0 Å². The van der Waals surface area contributed by atoms with Crippen molar-refractivity contribution in [3.8, 4) is 0 Å². The summed E-state index contributed by atoms with van der Waals surface area (Å²) in [5.41, 5.74) is 3.78. The van der Waals surface area contributed by atoms with Gasteiger partial charge in [-0.2, -0.15) is 0 Å². The molecule has 0 heterocycles. The van der Waals surface area contributed by atoms with Crippen molar-refractivity contribution >= 4 is 27.5 Å². The predicted molar refractivity (Wildman–Crippen MR) is 79.4 cm³/mol. The van der Waals surface area contributed by atoms with Gasteiger partial charge in [0, 0.05) is 10.6 Å². The maximum Gasteiger partial charge on any atom is 0.145 e. The molecule has 0 radical (unpaired) electrons. The van der Waals surface area contributed by atoms with E-state index in [1.54, 1.807) is 25.1 Å². The molecule has 0 amide bonds. The standard InChI is InChI=1S/C14H12BrClF2N2/c1-7-6-8(16)2-3-9(7)14(20-19)12-11(17)5-4-10(15)13(12)18/h2-6,14,20H,19H2,1H3. The molecule has 1 atom stereocenters. The van der Waals surface area contributed by atoms with Crippen LogP contribution in [0, 0.1) is 18.6 Å². The number of rotatable bonds is 3. The summed E-state index contributed by atoms with van der Waals surface area (Å²) in [6, 6.07) is 6.78. The summed E-state index contributed by atoms with van der Waals surface area (Å²) in [6.07, 6.45) is 0. The van der Waals surface area contributed by atoms with Gasteiger partial charge in [0.15, 0.2) is 0 Å². The van der Waals surface area contributed by atoms with E-state index in [4.69, 9.17) is 17.4 Å². The molecule has 3 N–H and O–H groups in total. The second kappa shape index (κ2) is 6.18. The van der Waals surface area contributed by atoms with Crippen molar-refractivity contribution in [1.29, 1.82) is 0 Å². The molecule has 0 fully saturated rings. The maximum absolute atomic E-state index is 14.2. The number of halogens is 4. The number of nitrogens with two attached hydrogens (primary N) is 1. The van der Waals surface area contributed by atoms with Gasteiger partial charge in [-0.1, -0.05) is 17.7 Å². The van der Waals surface area contributed by atoms with Gasteiger partial charge in [0.1, 0.15) is 11.6 Å². The van der Waals surface area contributed by atoms with Crippen LogP contribution >= 0.6 is 27.5 Å². The van der Waals surface area contributed by atoms with Gasteiger partial charge in [0.05, 0.1) is 10.5 Å². The van der Waals surface area contributed by atoms with Gasteiger partial charge in [0.2, 0.25) is 0 Å². The second-order valence-electron chi connectivity index (χ2n) is 4.36. The first kappa shape index (κ1) is 15.4. The minimum Gasteiger partial charge on any atom is -0.271 e. The SMILES string of the molecule is Cc1cc(Cl)ccc1C(NN)c1c(F)ccc(Br)c1F. The summed E-state index contributed by atoms with van der Waals surface area (Å²) in [4.78, 5) is 0. The zero-order valence-electron chi connectivity index (χ0n) is 10.6. The van der Waals surface area contributed by atoms with Crippen molar-refractivity contribution in [3.05, 3.63) is 68.2 Å². The molecule has 0 aliphatic rings. The Hall–Kier alpha value is -1.01. The molecule has 0 spiro atoms. The topological polar surface area (TPSA) is 38.0 Å². The predicted octanol–water partition coefficient (Wildman–Crippen LogP) is 4.24. The van der Waals surface area contributed by atoms with Crippen LogP contribution in [0.2, 0.25) is 5.02 Å². The number of nitrogens with one attached hydrogen (secondary N) is 1. The number of aryl methyl sites for hydroxylation is 1. The molecule has 2 aromatic carbocycles. The highest BCUT2D eigenvalue weighted by Gasteiger charge is 2.24. The fourth-order valence-electron chi connectivity index (χ4n) is 2.10. The van der Waals surface area contributed by atoms with Crippen molar-refractivity contribution in [2.75, 3.05) is 0 Å². The van der Waals surface area contributed by atoms with Crippen molar-refractivity contribution in [2.45, 2.75) is 13.0 Å². The molecule has 0 aliphatic carbocycles. The molecule has 0 bridgehead atoms. The maximum atomic E-state index is 14.2. The van der Waals surface area contributed by atoms with Crippen molar-refractivity contribution < 1.29 is 8.78 Å². The molecule has 0 saturated heterocycles. The van der Waals surface area contributed by atoms with E-state index in [-0.39, 0.29) is 10.0 Å². The third kappa shape index (κ3) is 2.86. The quantitative estimate of drug-likeness (QED) is 0.487. The second-order valence-corrected chi connectivity index (χ2v) is 5.65. The zero-order valence-corrected chi connectivity index (χ0v) is 12.9. The molecular formula is C14H12BrClF2N2. The van der Waals surface area contributed by atoms with Crippen LogP contribution in [0.1, 0.15) is 22.7 Å². The lowest BCUT2D eigenvalue weighted by Crippen LogP contribution is -2.31. The van der Waals surface area contributed by atoms with Crippen LogP contribution in [0.5, 0.6) is 0 Å². The Bertz CT molecular complexity index is 649. The molecule has 0 aliphatic heterocycles. The summed E-state index contributed by atoms with van der Waals surface area (Å²) in [6.45, 7) is 1.80. The molecule has 6 heteroatoms. The van der Waals surface area contributed by atoms with E-state index in [0.717, 1.165) is 5.56 Å².